The molecule has 0 bridgehead atoms. The molecule has 6 heteroatoms. The Hall–Kier alpha value is -3.04. The number of carboxylic acids is 1. The van der Waals surface area contributed by atoms with E-state index in [2.05, 4.69) is 6.07 Å². The lowest BCUT2D eigenvalue weighted by molar-refractivity contribution is -0.135. The molecule has 1 unspecified atom stereocenters. The van der Waals surface area contributed by atoms with Gasteiger partial charge in [0.15, 0.2) is 0 Å². The number of carboxylic acid groups (broad SMARTS) is 1. The molecule has 1 heterocycles. The number of nitrogens with zero attached hydrogens (tertiary/aromatic N) is 2. The monoisotopic (exact) mass is 352 g/mol. The first kappa shape index (κ1) is 17.8. The van der Waals surface area contributed by atoms with Crippen LogP contribution in [0.15, 0.2) is 48.5 Å². The third kappa shape index (κ3) is 3.22. The number of ether oxygens (including phenoxy) is 1. The van der Waals surface area contributed by atoms with Crippen LogP contribution in [0.1, 0.15) is 31.0 Å². The maximum absolute atomic E-state index is 11.5. The number of aliphatic hydroxyl groups is 1. The predicted molar refractivity (Wildman–Crippen MR) is 96.0 cm³/mol. The Kier molecular flexibility index (Phi) is 4.58. The SMILES string of the molecule is CC1(C)Oc2ccc(C#N)cc2C(N(CC(=O)O)c2ccccc2)[C@H]1O. The summed E-state index contributed by atoms with van der Waals surface area (Å²) in [7, 11) is 0. The van der Waals surface area contributed by atoms with Gasteiger partial charge in [-0.2, -0.15) is 5.26 Å². The summed E-state index contributed by atoms with van der Waals surface area (Å²) >= 11 is 0. The lowest BCUT2D eigenvalue weighted by Crippen LogP contribution is -2.54. The Morgan fingerprint density at radius 1 is 1.27 bits per heavy atom. The fourth-order valence-corrected chi connectivity index (χ4v) is 3.29. The lowest BCUT2D eigenvalue weighted by Gasteiger charge is -2.46. The van der Waals surface area contributed by atoms with Crippen molar-refractivity contribution in [3.8, 4) is 11.8 Å². The van der Waals surface area contributed by atoms with E-state index >= 15 is 0 Å². The molecule has 2 atom stereocenters. The number of fused-ring (bicyclic) bond motifs is 1. The predicted octanol–water partition coefficient (Wildman–Crippen LogP) is 2.72. The van der Waals surface area contributed by atoms with Crippen LogP contribution in [0.3, 0.4) is 0 Å². The van der Waals surface area contributed by atoms with Gasteiger partial charge in [-0.3, -0.25) is 4.79 Å². The van der Waals surface area contributed by atoms with E-state index in [1.54, 1.807) is 49.1 Å². The zero-order chi connectivity index (χ0) is 18.9. The second-order valence-corrected chi connectivity index (χ2v) is 6.82. The molecule has 0 aromatic heterocycles. The number of nitriles is 1. The highest BCUT2D eigenvalue weighted by atomic mass is 16.5. The Morgan fingerprint density at radius 2 is 1.96 bits per heavy atom. The average molecular weight is 352 g/mol. The quantitative estimate of drug-likeness (QED) is 0.879. The molecule has 0 saturated carbocycles. The first-order valence-electron chi connectivity index (χ1n) is 8.28. The van der Waals surface area contributed by atoms with Crippen molar-refractivity contribution >= 4 is 11.7 Å². The van der Waals surface area contributed by atoms with Crippen molar-refractivity contribution in [3.63, 3.8) is 0 Å². The number of aliphatic carboxylic acids is 1. The topological polar surface area (TPSA) is 93.8 Å². The number of anilines is 1. The number of hydrogen-bond donors (Lipinski definition) is 2. The summed E-state index contributed by atoms with van der Waals surface area (Å²) in [5.74, 6) is -0.473. The first-order valence-corrected chi connectivity index (χ1v) is 8.28. The summed E-state index contributed by atoms with van der Waals surface area (Å²) in [6.45, 7) is 3.23. The van der Waals surface area contributed by atoms with Crippen LogP contribution in [0.25, 0.3) is 0 Å². The normalized spacial score (nSPS) is 20.4. The fourth-order valence-electron chi connectivity index (χ4n) is 3.29. The molecule has 0 saturated heterocycles. The minimum absolute atomic E-state index is 0.294. The highest BCUT2D eigenvalue weighted by Crippen LogP contribution is 2.44. The molecule has 6 nitrogen and oxygen atoms in total. The Balaban J connectivity index is 2.18. The Morgan fingerprint density at radius 3 is 2.58 bits per heavy atom. The molecular formula is C20H20N2O4. The van der Waals surface area contributed by atoms with Gasteiger partial charge in [0.25, 0.3) is 0 Å². The number of carbonyl (C=O) groups is 1. The van der Waals surface area contributed by atoms with Crippen molar-refractivity contribution in [1.29, 1.82) is 5.26 Å². The van der Waals surface area contributed by atoms with Crippen molar-refractivity contribution in [3.05, 3.63) is 59.7 Å². The number of hydrogen-bond acceptors (Lipinski definition) is 5. The highest BCUT2D eigenvalue weighted by molar-refractivity contribution is 5.74. The zero-order valence-electron chi connectivity index (χ0n) is 14.6. The third-order valence-electron chi connectivity index (χ3n) is 4.57. The van der Waals surface area contributed by atoms with Crippen LogP contribution in [0.4, 0.5) is 5.69 Å². The summed E-state index contributed by atoms with van der Waals surface area (Å²) in [5, 5.41) is 29.7. The molecule has 0 aliphatic carbocycles. The van der Waals surface area contributed by atoms with Gasteiger partial charge in [0, 0.05) is 11.3 Å². The maximum atomic E-state index is 11.5. The van der Waals surface area contributed by atoms with Gasteiger partial charge in [0.05, 0.1) is 17.7 Å². The molecule has 2 N–H and O–H groups in total. The Labute approximate surface area is 151 Å². The van der Waals surface area contributed by atoms with Gasteiger partial charge in [-0.25, -0.2) is 0 Å². The highest BCUT2D eigenvalue weighted by Gasteiger charge is 2.46. The van der Waals surface area contributed by atoms with Crippen molar-refractivity contribution in [2.24, 2.45) is 0 Å². The molecular weight excluding hydrogens is 332 g/mol. The number of aliphatic hydroxyl groups excluding tert-OH is 1. The van der Waals surface area contributed by atoms with Crippen molar-refractivity contribution in [2.45, 2.75) is 31.6 Å². The van der Waals surface area contributed by atoms with E-state index in [4.69, 9.17) is 4.74 Å². The maximum Gasteiger partial charge on any atom is 0.323 e. The van der Waals surface area contributed by atoms with Gasteiger partial charge in [0.2, 0.25) is 0 Å². The molecule has 0 radical (unpaired) electrons. The van der Waals surface area contributed by atoms with E-state index in [1.807, 2.05) is 18.2 Å². The average Bonchev–Trinajstić information content (AvgIpc) is 2.61. The minimum atomic E-state index is -1.01. The van der Waals surface area contributed by atoms with E-state index in [-0.39, 0.29) is 6.54 Å². The van der Waals surface area contributed by atoms with Gasteiger partial charge in [0.1, 0.15) is 24.0 Å². The van der Waals surface area contributed by atoms with E-state index in [0.29, 0.717) is 22.6 Å². The number of para-hydroxylation sites is 1. The lowest BCUT2D eigenvalue weighted by atomic mass is 9.84. The van der Waals surface area contributed by atoms with Gasteiger partial charge in [-0.05, 0) is 44.2 Å². The second-order valence-electron chi connectivity index (χ2n) is 6.82. The molecule has 2 aromatic rings. The molecule has 3 rings (SSSR count). The minimum Gasteiger partial charge on any atom is -0.485 e. The van der Waals surface area contributed by atoms with Crippen LogP contribution in [0.5, 0.6) is 5.75 Å². The van der Waals surface area contributed by atoms with Crippen LogP contribution >= 0.6 is 0 Å². The molecule has 26 heavy (non-hydrogen) atoms. The fraction of sp³-hybridized carbons (Fsp3) is 0.300. The summed E-state index contributed by atoms with van der Waals surface area (Å²) in [6, 6.07) is 15.5. The first-order chi connectivity index (χ1) is 12.3. The van der Waals surface area contributed by atoms with Crippen molar-refractivity contribution in [1.82, 2.24) is 0 Å². The van der Waals surface area contributed by atoms with E-state index < -0.39 is 23.7 Å². The van der Waals surface area contributed by atoms with Crippen LogP contribution in [0.2, 0.25) is 0 Å². The van der Waals surface area contributed by atoms with Crippen LogP contribution in [-0.4, -0.2) is 34.4 Å². The van der Waals surface area contributed by atoms with Crippen LogP contribution in [-0.2, 0) is 4.79 Å². The van der Waals surface area contributed by atoms with Gasteiger partial charge in [-0.15, -0.1) is 0 Å². The molecule has 0 amide bonds. The van der Waals surface area contributed by atoms with Crippen LogP contribution in [0, 0.1) is 11.3 Å². The molecule has 0 fully saturated rings. The van der Waals surface area contributed by atoms with E-state index in [9.17, 15) is 20.3 Å². The van der Waals surface area contributed by atoms with Gasteiger partial charge >= 0.3 is 5.97 Å². The smallest absolute Gasteiger partial charge is 0.323 e. The van der Waals surface area contributed by atoms with E-state index in [0.717, 1.165) is 0 Å². The number of benzene rings is 2. The molecule has 2 aromatic carbocycles. The second kappa shape index (κ2) is 6.70. The van der Waals surface area contributed by atoms with Crippen LogP contribution < -0.4 is 9.64 Å². The van der Waals surface area contributed by atoms with Crippen molar-refractivity contribution in [2.75, 3.05) is 11.4 Å². The number of rotatable bonds is 4. The summed E-state index contributed by atoms with van der Waals surface area (Å²) in [6.07, 6.45) is -0.997. The summed E-state index contributed by atoms with van der Waals surface area (Å²) < 4.78 is 5.92. The zero-order valence-corrected chi connectivity index (χ0v) is 14.6. The van der Waals surface area contributed by atoms with Gasteiger partial charge < -0.3 is 19.8 Å². The van der Waals surface area contributed by atoms with Crippen molar-refractivity contribution < 1.29 is 19.7 Å². The van der Waals surface area contributed by atoms with Gasteiger partial charge in [-0.1, -0.05) is 18.2 Å². The van der Waals surface area contributed by atoms with E-state index in [1.165, 1.54) is 0 Å². The molecule has 0 spiro atoms. The molecule has 134 valence electrons. The standard InChI is InChI=1S/C20H20N2O4/c1-20(2)19(25)18(15-10-13(11-21)8-9-16(15)26-20)22(12-17(23)24)14-6-4-3-5-7-14/h3-10,18-19,25H,12H2,1-2H3,(H,23,24)/t18?,19-/m1/s1. The summed E-state index contributed by atoms with van der Waals surface area (Å²) in [5.41, 5.74) is 0.774. The molecule has 1 aliphatic heterocycles. The third-order valence-corrected chi connectivity index (χ3v) is 4.57. The summed E-state index contributed by atoms with van der Waals surface area (Å²) in [4.78, 5) is 13.2. The largest absolute Gasteiger partial charge is 0.485 e. The Bertz CT molecular complexity index is 858. The molecule has 1 aliphatic rings.